The predicted octanol–water partition coefficient (Wildman–Crippen LogP) is 2.99. The predicted molar refractivity (Wildman–Crippen MR) is 106 cm³/mol. The minimum Gasteiger partial charge on any atom is -0.454 e. The van der Waals surface area contributed by atoms with Gasteiger partial charge in [0.15, 0.2) is 21.3 Å². The smallest absolute Gasteiger partial charge is 0.231 e. The van der Waals surface area contributed by atoms with E-state index in [2.05, 4.69) is 0 Å². The van der Waals surface area contributed by atoms with E-state index in [9.17, 15) is 8.42 Å². The molecule has 2 aromatic carbocycles. The number of benzene rings is 2. The summed E-state index contributed by atoms with van der Waals surface area (Å²) in [4.78, 5) is 0.236. The van der Waals surface area contributed by atoms with E-state index in [0.717, 1.165) is 5.56 Å². The van der Waals surface area contributed by atoms with Crippen molar-refractivity contribution >= 4 is 21.4 Å². The Hall–Kier alpha value is -1.80. The molecule has 1 saturated carbocycles. The Labute approximate surface area is 169 Å². The molecule has 28 heavy (non-hydrogen) atoms. The number of halogens is 1. The van der Waals surface area contributed by atoms with Crippen molar-refractivity contribution in [3.05, 3.63) is 53.1 Å². The number of sulfone groups is 1. The second-order valence-corrected chi connectivity index (χ2v) is 9.59. The Balaban J connectivity index is 1.75. The lowest BCUT2D eigenvalue weighted by Crippen LogP contribution is -2.29. The second-order valence-electron chi connectivity index (χ2n) is 7.08. The van der Waals surface area contributed by atoms with Crippen LogP contribution in [0.4, 0.5) is 0 Å². The first-order chi connectivity index (χ1) is 13.4. The van der Waals surface area contributed by atoms with Crippen molar-refractivity contribution < 1.29 is 22.6 Å². The Morgan fingerprint density at radius 3 is 2.57 bits per heavy atom. The fourth-order valence-corrected chi connectivity index (χ4v) is 6.66. The molecule has 8 heteroatoms. The molecule has 2 aromatic rings. The van der Waals surface area contributed by atoms with E-state index in [1.165, 1.54) is 12.1 Å². The van der Waals surface area contributed by atoms with Crippen LogP contribution in [0.15, 0.2) is 47.4 Å². The molecule has 1 fully saturated rings. The van der Waals surface area contributed by atoms with E-state index in [0.29, 0.717) is 23.1 Å². The molecular formula is C20H22ClNO5S. The minimum absolute atomic E-state index is 0.164. The monoisotopic (exact) mass is 423 g/mol. The van der Waals surface area contributed by atoms with E-state index in [-0.39, 0.29) is 30.8 Å². The normalized spacial score (nSPS) is 25.7. The molecule has 0 amide bonds. The third-order valence-electron chi connectivity index (χ3n) is 5.57. The molecule has 2 N–H and O–H groups in total. The summed E-state index contributed by atoms with van der Waals surface area (Å²) in [6.45, 7) is 3.01. The van der Waals surface area contributed by atoms with Crippen molar-refractivity contribution in [1.29, 1.82) is 0 Å². The van der Waals surface area contributed by atoms with Crippen LogP contribution in [0.2, 0.25) is 5.02 Å². The van der Waals surface area contributed by atoms with Crippen LogP contribution in [-0.4, -0.2) is 40.2 Å². The van der Waals surface area contributed by atoms with Gasteiger partial charge in [0, 0.05) is 29.5 Å². The van der Waals surface area contributed by atoms with E-state index in [1.807, 2.05) is 25.1 Å². The molecule has 4 rings (SSSR count). The third-order valence-corrected chi connectivity index (χ3v) is 8.16. The van der Waals surface area contributed by atoms with Gasteiger partial charge in [0.1, 0.15) is 0 Å². The summed E-state index contributed by atoms with van der Waals surface area (Å²) in [5.74, 6) is 0.985. The summed E-state index contributed by atoms with van der Waals surface area (Å²) < 4.78 is 43.4. The zero-order valence-corrected chi connectivity index (χ0v) is 17.0. The van der Waals surface area contributed by atoms with Gasteiger partial charge in [-0.3, -0.25) is 0 Å². The molecule has 1 heterocycles. The summed E-state index contributed by atoms with van der Waals surface area (Å²) in [6, 6.07) is 11.8. The molecular weight excluding hydrogens is 402 g/mol. The highest BCUT2D eigenvalue weighted by Crippen LogP contribution is 2.64. The van der Waals surface area contributed by atoms with Gasteiger partial charge in [-0.2, -0.15) is 0 Å². The largest absolute Gasteiger partial charge is 0.454 e. The number of fused-ring (bicyclic) bond motifs is 1. The summed E-state index contributed by atoms with van der Waals surface area (Å²) >= 11 is 5.93. The molecule has 0 aromatic heterocycles. The number of hydrogen-bond donors (Lipinski definition) is 1. The van der Waals surface area contributed by atoms with Gasteiger partial charge in [0.25, 0.3) is 0 Å². The number of rotatable bonds is 7. The highest BCUT2D eigenvalue weighted by atomic mass is 35.5. The van der Waals surface area contributed by atoms with Crippen LogP contribution >= 0.6 is 11.6 Å². The molecule has 3 unspecified atom stereocenters. The zero-order chi connectivity index (χ0) is 19.9. The van der Waals surface area contributed by atoms with Crippen LogP contribution in [0, 0.1) is 5.41 Å². The van der Waals surface area contributed by atoms with Gasteiger partial charge in [-0.05, 0) is 48.9 Å². The molecule has 3 atom stereocenters. The maximum absolute atomic E-state index is 13.5. The Bertz CT molecular complexity index is 979. The fourth-order valence-electron chi connectivity index (χ4n) is 4.09. The maximum atomic E-state index is 13.5. The topological polar surface area (TPSA) is 87.8 Å². The maximum Gasteiger partial charge on any atom is 0.231 e. The first-order valence-corrected chi connectivity index (χ1v) is 11.0. The van der Waals surface area contributed by atoms with Crippen LogP contribution in [-0.2, 0) is 14.6 Å². The molecule has 6 nitrogen and oxygen atoms in total. The van der Waals surface area contributed by atoms with Gasteiger partial charge in [0.05, 0.1) is 16.8 Å². The third kappa shape index (κ3) is 3.06. The first kappa shape index (κ1) is 19.5. The molecule has 1 aliphatic carbocycles. The summed E-state index contributed by atoms with van der Waals surface area (Å²) in [5.41, 5.74) is 6.28. The van der Waals surface area contributed by atoms with E-state index < -0.39 is 20.5 Å². The summed E-state index contributed by atoms with van der Waals surface area (Å²) in [5, 5.41) is -0.195. The molecule has 0 spiro atoms. The highest BCUT2D eigenvalue weighted by molar-refractivity contribution is 7.92. The van der Waals surface area contributed by atoms with Gasteiger partial charge >= 0.3 is 0 Å². The highest BCUT2D eigenvalue weighted by Gasteiger charge is 2.70. The van der Waals surface area contributed by atoms with Crippen molar-refractivity contribution in [3.8, 4) is 11.5 Å². The van der Waals surface area contributed by atoms with Gasteiger partial charge in [0.2, 0.25) is 6.79 Å². The zero-order valence-electron chi connectivity index (χ0n) is 15.4. The number of nitrogens with two attached hydrogens (primary N) is 1. The summed E-state index contributed by atoms with van der Waals surface area (Å²) in [7, 11) is -3.63. The van der Waals surface area contributed by atoms with Crippen molar-refractivity contribution in [2.24, 2.45) is 11.1 Å². The number of ether oxygens (including phenoxy) is 3. The Morgan fingerprint density at radius 1 is 1.18 bits per heavy atom. The fraction of sp³-hybridized carbons (Fsp3) is 0.400. The van der Waals surface area contributed by atoms with Crippen LogP contribution in [0.1, 0.15) is 18.4 Å². The number of hydrogen-bond acceptors (Lipinski definition) is 6. The van der Waals surface area contributed by atoms with Crippen molar-refractivity contribution in [3.63, 3.8) is 0 Å². The van der Waals surface area contributed by atoms with Crippen molar-refractivity contribution in [2.75, 3.05) is 26.6 Å². The quantitative estimate of drug-likeness (QED) is 0.736. The first-order valence-electron chi connectivity index (χ1n) is 9.11. The Kier molecular flexibility index (Phi) is 5.03. The van der Waals surface area contributed by atoms with Crippen molar-refractivity contribution in [1.82, 2.24) is 0 Å². The van der Waals surface area contributed by atoms with E-state index in [1.54, 1.807) is 12.1 Å². The lowest BCUT2D eigenvalue weighted by Gasteiger charge is -2.16. The van der Waals surface area contributed by atoms with Crippen molar-refractivity contribution in [2.45, 2.75) is 23.0 Å². The van der Waals surface area contributed by atoms with Gasteiger partial charge in [-0.15, -0.1) is 0 Å². The average Bonchev–Trinajstić information content (AvgIpc) is 3.15. The van der Waals surface area contributed by atoms with E-state index in [4.69, 9.17) is 31.5 Å². The van der Waals surface area contributed by atoms with E-state index >= 15 is 0 Å². The van der Waals surface area contributed by atoms with Crippen LogP contribution in [0.25, 0.3) is 0 Å². The van der Waals surface area contributed by atoms with Crippen LogP contribution < -0.4 is 15.2 Å². The van der Waals surface area contributed by atoms with Gasteiger partial charge < -0.3 is 19.9 Å². The molecule has 1 aliphatic heterocycles. The molecule has 150 valence electrons. The molecule has 0 bridgehead atoms. The van der Waals surface area contributed by atoms with Gasteiger partial charge in [-0.25, -0.2) is 8.42 Å². The lowest BCUT2D eigenvalue weighted by atomic mass is 9.99. The molecule has 0 saturated heterocycles. The second kappa shape index (κ2) is 7.22. The minimum atomic E-state index is -3.63. The lowest BCUT2D eigenvalue weighted by molar-refractivity contribution is 0.101. The SMILES string of the molecule is CCOCC1(CN)C(c2ccc3c(c2)OCO3)C1S(=O)(=O)c1ccc(Cl)cc1. The average molecular weight is 424 g/mol. The molecule has 2 aliphatic rings. The van der Waals surface area contributed by atoms with Crippen LogP contribution in [0.5, 0.6) is 11.5 Å². The van der Waals surface area contributed by atoms with Crippen LogP contribution in [0.3, 0.4) is 0 Å². The Morgan fingerprint density at radius 2 is 1.89 bits per heavy atom. The van der Waals surface area contributed by atoms with Gasteiger partial charge in [-0.1, -0.05) is 17.7 Å². The standard InChI is InChI=1S/C20H22ClNO5S/c1-2-25-11-20(10-22)18(13-3-8-16-17(9-13)27-12-26-16)19(20)28(23,24)15-6-4-14(21)5-7-15/h3-9,18-19H,2,10-12,22H2,1H3. The summed E-state index contributed by atoms with van der Waals surface area (Å²) in [6.07, 6.45) is 0. The molecule has 0 radical (unpaired) electrons.